The summed E-state index contributed by atoms with van der Waals surface area (Å²) in [5.74, 6) is 2.14. The number of hydrogen-bond acceptors (Lipinski definition) is 7. The van der Waals surface area contributed by atoms with E-state index in [4.69, 9.17) is 8.83 Å². The molecule has 5 nitrogen and oxygen atoms in total. The van der Waals surface area contributed by atoms with E-state index in [9.17, 15) is 0 Å². The van der Waals surface area contributed by atoms with Gasteiger partial charge in [0.05, 0.1) is 10.6 Å². The van der Waals surface area contributed by atoms with Crippen molar-refractivity contribution in [3.63, 3.8) is 0 Å². The van der Waals surface area contributed by atoms with Crippen molar-refractivity contribution < 1.29 is 8.83 Å². The SMILES string of the molecule is Cc1oc(-c2cccs2)nc1CSc1nc2ncccc2o1. The first-order valence-corrected chi connectivity index (χ1v) is 8.50. The first-order chi connectivity index (χ1) is 10.8. The second-order valence-corrected chi connectivity index (χ2v) is 6.47. The second-order valence-electron chi connectivity index (χ2n) is 4.59. The molecule has 7 heteroatoms. The van der Waals surface area contributed by atoms with Gasteiger partial charge in [0.1, 0.15) is 5.76 Å². The number of fused-ring (bicyclic) bond motifs is 1. The Balaban J connectivity index is 1.54. The summed E-state index contributed by atoms with van der Waals surface area (Å²) >= 11 is 3.10. The van der Waals surface area contributed by atoms with Crippen LogP contribution in [0.2, 0.25) is 0 Å². The summed E-state index contributed by atoms with van der Waals surface area (Å²) in [7, 11) is 0. The summed E-state index contributed by atoms with van der Waals surface area (Å²) in [4.78, 5) is 14.1. The minimum absolute atomic E-state index is 0.591. The third kappa shape index (κ3) is 2.53. The molecule has 0 N–H and O–H groups in total. The number of aryl methyl sites for hydroxylation is 1. The van der Waals surface area contributed by atoms with Gasteiger partial charge in [0.2, 0.25) is 5.89 Å². The Kier molecular flexibility index (Phi) is 3.44. The molecule has 0 saturated heterocycles. The van der Waals surface area contributed by atoms with E-state index < -0.39 is 0 Å². The van der Waals surface area contributed by atoms with Crippen molar-refractivity contribution in [1.82, 2.24) is 15.0 Å². The van der Waals surface area contributed by atoms with Crippen molar-refractivity contribution in [3.8, 4) is 10.8 Å². The molecule has 0 fully saturated rings. The van der Waals surface area contributed by atoms with E-state index >= 15 is 0 Å². The molecular formula is C15H11N3O2S2. The van der Waals surface area contributed by atoms with Crippen LogP contribution in [-0.2, 0) is 5.75 Å². The van der Waals surface area contributed by atoms with E-state index in [2.05, 4.69) is 15.0 Å². The van der Waals surface area contributed by atoms with Gasteiger partial charge in [-0.2, -0.15) is 4.98 Å². The molecule has 0 aliphatic rings. The maximum atomic E-state index is 5.73. The average Bonchev–Trinajstić information content (AvgIpc) is 3.24. The molecule has 4 rings (SSSR count). The van der Waals surface area contributed by atoms with E-state index in [1.807, 2.05) is 36.6 Å². The first kappa shape index (κ1) is 13.5. The maximum absolute atomic E-state index is 5.73. The van der Waals surface area contributed by atoms with Gasteiger partial charge in [0.25, 0.3) is 5.22 Å². The quantitative estimate of drug-likeness (QED) is 0.512. The van der Waals surface area contributed by atoms with Gasteiger partial charge in [0, 0.05) is 11.9 Å². The van der Waals surface area contributed by atoms with Crippen molar-refractivity contribution in [2.45, 2.75) is 17.9 Å². The Bertz CT molecular complexity index is 879. The van der Waals surface area contributed by atoms with Crippen LogP contribution < -0.4 is 0 Å². The molecule has 0 aliphatic carbocycles. The largest absolute Gasteiger partial charge is 0.440 e. The third-order valence-electron chi connectivity index (χ3n) is 3.10. The molecule has 0 aromatic carbocycles. The summed E-state index contributed by atoms with van der Waals surface area (Å²) in [5.41, 5.74) is 2.23. The number of oxazole rings is 2. The highest BCUT2D eigenvalue weighted by molar-refractivity contribution is 7.98. The Labute approximate surface area is 134 Å². The Morgan fingerprint density at radius 2 is 2.14 bits per heavy atom. The summed E-state index contributed by atoms with van der Waals surface area (Å²) in [6.07, 6.45) is 1.70. The van der Waals surface area contributed by atoms with Crippen LogP contribution in [0.1, 0.15) is 11.5 Å². The highest BCUT2D eigenvalue weighted by atomic mass is 32.2. The van der Waals surface area contributed by atoms with E-state index in [-0.39, 0.29) is 0 Å². The Morgan fingerprint density at radius 3 is 2.95 bits per heavy atom. The first-order valence-electron chi connectivity index (χ1n) is 6.64. The third-order valence-corrected chi connectivity index (χ3v) is 4.80. The van der Waals surface area contributed by atoms with E-state index in [1.54, 1.807) is 17.5 Å². The van der Waals surface area contributed by atoms with Crippen LogP contribution in [0.3, 0.4) is 0 Å². The topological polar surface area (TPSA) is 65.0 Å². The zero-order chi connectivity index (χ0) is 14.9. The van der Waals surface area contributed by atoms with Crippen LogP contribution in [0.5, 0.6) is 0 Å². The van der Waals surface area contributed by atoms with Crippen molar-refractivity contribution >= 4 is 34.3 Å². The van der Waals surface area contributed by atoms with Gasteiger partial charge in [-0.3, -0.25) is 0 Å². The minimum Gasteiger partial charge on any atom is -0.440 e. The number of rotatable bonds is 4. The van der Waals surface area contributed by atoms with Crippen LogP contribution in [0.15, 0.2) is 49.9 Å². The van der Waals surface area contributed by atoms with E-state index in [1.165, 1.54) is 11.8 Å². The molecule has 4 aromatic heterocycles. The van der Waals surface area contributed by atoms with Crippen LogP contribution in [-0.4, -0.2) is 15.0 Å². The lowest BCUT2D eigenvalue weighted by molar-refractivity contribution is 0.489. The predicted octanol–water partition coefficient (Wildman–Crippen LogP) is 4.54. The van der Waals surface area contributed by atoms with Gasteiger partial charge in [0.15, 0.2) is 11.2 Å². The molecule has 0 atom stereocenters. The maximum Gasteiger partial charge on any atom is 0.258 e. The molecule has 0 spiro atoms. The summed E-state index contributed by atoms with van der Waals surface area (Å²) in [6.45, 7) is 1.92. The van der Waals surface area contributed by atoms with Gasteiger partial charge in [-0.15, -0.1) is 11.3 Å². The zero-order valence-corrected chi connectivity index (χ0v) is 13.3. The molecule has 110 valence electrons. The van der Waals surface area contributed by atoms with Crippen LogP contribution in [0.25, 0.3) is 22.0 Å². The number of aromatic nitrogens is 3. The van der Waals surface area contributed by atoms with Crippen LogP contribution in [0.4, 0.5) is 0 Å². The van der Waals surface area contributed by atoms with Gasteiger partial charge < -0.3 is 8.83 Å². The lowest BCUT2D eigenvalue weighted by Gasteiger charge is -1.92. The number of nitrogens with zero attached hydrogens (tertiary/aromatic N) is 3. The van der Waals surface area contributed by atoms with Gasteiger partial charge in [-0.05, 0) is 30.5 Å². The van der Waals surface area contributed by atoms with Crippen molar-refractivity contribution in [2.75, 3.05) is 0 Å². The molecule has 0 radical (unpaired) electrons. The molecule has 0 saturated carbocycles. The molecular weight excluding hydrogens is 318 g/mol. The second kappa shape index (κ2) is 5.58. The predicted molar refractivity (Wildman–Crippen MR) is 85.9 cm³/mol. The molecule has 0 unspecified atom stereocenters. The van der Waals surface area contributed by atoms with Crippen molar-refractivity contribution in [3.05, 3.63) is 47.3 Å². The monoisotopic (exact) mass is 329 g/mol. The van der Waals surface area contributed by atoms with Crippen molar-refractivity contribution in [2.24, 2.45) is 0 Å². The molecule has 4 heterocycles. The number of thioether (sulfide) groups is 1. The smallest absolute Gasteiger partial charge is 0.258 e. The normalized spacial score (nSPS) is 11.3. The highest BCUT2D eigenvalue weighted by Crippen LogP contribution is 2.30. The fourth-order valence-electron chi connectivity index (χ4n) is 2.01. The highest BCUT2D eigenvalue weighted by Gasteiger charge is 2.14. The molecule has 0 aliphatic heterocycles. The number of thiophene rings is 1. The fourth-order valence-corrected chi connectivity index (χ4v) is 3.49. The fraction of sp³-hybridized carbons (Fsp3) is 0.133. The average molecular weight is 329 g/mol. The van der Waals surface area contributed by atoms with Gasteiger partial charge >= 0.3 is 0 Å². The van der Waals surface area contributed by atoms with Crippen LogP contribution >= 0.6 is 23.1 Å². The standard InChI is InChI=1S/C15H11N3O2S2/c1-9-10(17-14(19-9)12-5-3-7-21-12)8-22-15-18-13-11(20-15)4-2-6-16-13/h2-7H,8H2,1H3. The minimum atomic E-state index is 0.591. The molecule has 0 amide bonds. The summed E-state index contributed by atoms with van der Waals surface area (Å²) < 4.78 is 11.4. The lowest BCUT2D eigenvalue weighted by atomic mass is 10.4. The summed E-state index contributed by atoms with van der Waals surface area (Å²) in [6, 6.07) is 7.67. The zero-order valence-electron chi connectivity index (χ0n) is 11.6. The van der Waals surface area contributed by atoms with E-state index in [0.717, 1.165) is 16.3 Å². The number of hydrogen-bond donors (Lipinski definition) is 0. The molecule has 0 bridgehead atoms. The number of pyridine rings is 1. The van der Waals surface area contributed by atoms with E-state index in [0.29, 0.717) is 28.1 Å². The Hall–Kier alpha value is -2.12. The molecule has 22 heavy (non-hydrogen) atoms. The van der Waals surface area contributed by atoms with Gasteiger partial charge in [-0.1, -0.05) is 17.8 Å². The summed E-state index contributed by atoms with van der Waals surface area (Å²) in [5, 5.41) is 2.60. The van der Waals surface area contributed by atoms with Crippen LogP contribution in [0, 0.1) is 6.92 Å². The van der Waals surface area contributed by atoms with Crippen molar-refractivity contribution in [1.29, 1.82) is 0 Å². The Morgan fingerprint density at radius 1 is 1.18 bits per heavy atom. The molecule has 4 aromatic rings. The van der Waals surface area contributed by atoms with Gasteiger partial charge in [-0.25, -0.2) is 9.97 Å². The lowest BCUT2D eigenvalue weighted by Crippen LogP contribution is -1.84.